The predicted octanol–water partition coefficient (Wildman–Crippen LogP) is 3.62. The van der Waals surface area contributed by atoms with Gasteiger partial charge in [0.05, 0.1) is 34.9 Å². The van der Waals surface area contributed by atoms with Gasteiger partial charge in [0.25, 0.3) is 5.91 Å². The third-order valence-corrected chi connectivity index (χ3v) is 9.06. The van der Waals surface area contributed by atoms with E-state index in [2.05, 4.69) is 4.98 Å². The summed E-state index contributed by atoms with van der Waals surface area (Å²) in [6, 6.07) is 4.79. The number of aryl methyl sites for hydroxylation is 1. The molecule has 1 amide bonds. The number of hydrogen-bond donors (Lipinski definition) is 1. The van der Waals surface area contributed by atoms with Crippen LogP contribution in [0.3, 0.4) is 0 Å². The second kappa shape index (κ2) is 10.1. The number of carbonyl (C=O) groups excluding carboxylic acids is 1. The summed E-state index contributed by atoms with van der Waals surface area (Å²) in [5, 5.41) is 1.20. The van der Waals surface area contributed by atoms with Gasteiger partial charge in [0.15, 0.2) is 0 Å². The van der Waals surface area contributed by atoms with E-state index in [0.717, 1.165) is 5.56 Å². The van der Waals surface area contributed by atoms with Crippen molar-refractivity contribution in [2.45, 2.75) is 43.7 Å². The molecule has 5 rings (SSSR count). The van der Waals surface area contributed by atoms with Crippen LogP contribution in [0.2, 0.25) is 0 Å². The zero-order valence-corrected chi connectivity index (χ0v) is 21.6. The van der Waals surface area contributed by atoms with Gasteiger partial charge in [0, 0.05) is 31.3 Å². The molecule has 1 aliphatic carbocycles. The first-order valence-corrected chi connectivity index (χ1v) is 13.8. The molecule has 210 valence electrons. The fraction of sp³-hybridized carbons (Fsp3) is 0.440. The van der Waals surface area contributed by atoms with Gasteiger partial charge in [-0.05, 0) is 49.6 Å². The monoisotopic (exact) mass is 572 g/mol. The Balaban J connectivity index is 1.49. The Hall–Kier alpha value is -3.10. The van der Waals surface area contributed by atoms with E-state index in [1.54, 1.807) is 28.0 Å². The van der Waals surface area contributed by atoms with Gasteiger partial charge in [-0.2, -0.15) is 17.5 Å². The number of morpholine rings is 1. The van der Waals surface area contributed by atoms with E-state index in [4.69, 9.17) is 4.74 Å². The molecular formula is C25H25F5N4O4S. The Labute approximate surface area is 220 Å². The zero-order chi connectivity index (χ0) is 28.1. The summed E-state index contributed by atoms with van der Waals surface area (Å²) in [6.07, 6.45) is -2.33. The smallest absolute Gasteiger partial charge is 0.375 e. The number of fused-ring (bicyclic) bond motifs is 1. The Kier molecular flexibility index (Phi) is 7.14. The highest BCUT2D eigenvalue weighted by Crippen LogP contribution is 2.34. The number of nitrogens with one attached hydrogen (secondary N) is 1. The van der Waals surface area contributed by atoms with Crippen molar-refractivity contribution in [2.24, 2.45) is 0 Å². The Morgan fingerprint density at radius 3 is 2.51 bits per heavy atom. The number of pyridine rings is 1. The molecule has 0 radical (unpaired) electrons. The predicted molar refractivity (Wildman–Crippen MR) is 131 cm³/mol. The van der Waals surface area contributed by atoms with Crippen LogP contribution in [0.4, 0.5) is 22.0 Å². The highest BCUT2D eigenvalue weighted by Gasteiger charge is 2.42. The number of hydrogen-bond acceptors (Lipinski definition) is 5. The number of nitrogens with zero attached hydrogens (tertiary/aromatic N) is 3. The molecule has 3 aromatic rings. The highest BCUT2D eigenvalue weighted by molar-refractivity contribution is 7.90. The van der Waals surface area contributed by atoms with E-state index in [9.17, 15) is 26.4 Å². The number of rotatable bonds is 7. The van der Waals surface area contributed by atoms with Crippen LogP contribution in [0.1, 0.15) is 34.5 Å². The molecule has 1 aromatic carbocycles. The van der Waals surface area contributed by atoms with Gasteiger partial charge < -0.3 is 14.5 Å². The fourth-order valence-corrected chi connectivity index (χ4v) is 6.50. The lowest BCUT2D eigenvalue weighted by molar-refractivity contribution is -0.123. The number of aromatic nitrogens is 2. The molecule has 0 bridgehead atoms. The summed E-state index contributed by atoms with van der Waals surface area (Å²) in [5.41, 5.74) is 0.312. The van der Waals surface area contributed by atoms with Gasteiger partial charge in [0.2, 0.25) is 10.0 Å². The van der Waals surface area contributed by atoms with E-state index in [0.29, 0.717) is 36.3 Å². The lowest BCUT2D eigenvalue weighted by Crippen LogP contribution is -2.47. The molecule has 2 fully saturated rings. The van der Waals surface area contributed by atoms with E-state index in [1.807, 2.05) is 6.92 Å². The Morgan fingerprint density at radius 2 is 1.87 bits per heavy atom. The van der Waals surface area contributed by atoms with Gasteiger partial charge in [0.1, 0.15) is 23.8 Å². The van der Waals surface area contributed by atoms with Gasteiger partial charge in [-0.15, -0.1) is 0 Å². The fourth-order valence-electron chi connectivity index (χ4n) is 4.64. The summed E-state index contributed by atoms with van der Waals surface area (Å²) in [6.45, 7) is 0.610. The van der Waals surface area contributed by atoms with Crippen LogP contribution in [0.25, 0.3) is 16.9 Å². The summed E-state index contributed by atoms with van der Waals surface area (Å²) in [4.78, 5) is 16.5. The lowest BCUT2D eigenvalue weighted by Gasteiger charge is -2.32. The average molecular weight is 573 g/mol. The summed E-state index contributed by atoms with van der Waals surface area (Å²) < 4.78 is 102. The molecule has 1 aliphatic heterocycles. The maximum atomic E-state index is 15.3. The maximum absolute atomic E-state index is 15.3. The zero-order valence-electron chi connectivity index (χ0n) is 20.8. The third kappa shape index (κ3) is 5.77. The quantitative estimate of drug-likeness (QED) is 0.437. The van der Waals surface area contributed by atoms with Crippen molar-refractivity contribution in [1.82, 2.24) is 19.0 Å². The minimum absolute atomic E-state index is 0.0701. The van der Waals surface area contributed by atoms with Crippen LogP contribution >= 0.6 is 0 Å². The number of alkyl halides is 3. The van der Waals surface area contributed by atoms with E-state index in [1.165, 1.54) is 4.31 Å². The van der Waals surface area contributed by atoms with Crippen molar-refractivity contribution in [3.63, 3.8) is 0 Å². The Morgan fingerprint density at radius 1 is 1.18 bits per heavy atom. The van der Waals surface area contributed by atoms with Gasteiger partial charge in [-0.25, -0.2) is 22.2 Å². The molecular weight excluding hydrogens is 547 g/mol. The molecule has 1 atom stereocenters. The summed E-state index contributed by atoms with van der Waals surface area (Å²) in [7, 11) is -3.45. The largest absolute Gasteiger partial charge is 0.405 e. The molecule has 2 aromatic heterocycles. The average Bonchev–Trinajstić information content (AvgIpc) is 3.67. The first-order chi connectivity index (χ1) is 18.3. The van der Waals surface area contributed by atoms with Crippen LogP contribution in [-0.4, -0.2) is 71.8 Å². The molecule has 0 spiro atoms. The number of carbonyl (C=O) groups is 1. The Bertz CT molecular complexity index is 1510. The van der Waals surface area contributed by atoms with Gasteiger partial charge >= 0.3 is 6.18 Å². The number of halogens is 5. The van der Waals surface area contributed by atoms with E-state index >= 15 is 8.78 Å². The van der Waals surface area contributed by atoms with Crippen LogP contribution in [0.15, 0.2) is 30.5 Å². The summed E-state index contributed by atoms with van der Waals surface area (Å²) in [5.74, 6) is -3.65. The topological polar surface area (TPSA) is 93.0 Å². The van der Waals surface area contributed by atoms with E-state index < -0.39 is 57.5 Å². The second-order valence-electron chi connectivity index (χ2n) is 9.75. The number of imidazole rings is 1. The maximum Gasteiger partial charge on any atom is 0.405 e. The molecule has 2 aliphatic rings. The number of sulfonamides is 1. The van der Waals surface area contributed by atoms with Gasteiger partial charge in [-0.3, -0.25) is 4.79 Å². The first-order valence-electron chi connectivity index (χ1n) is 12.3. The van der Waals surface area contributed by atoms with Crippen molar-refractivity contribution >= 4 is 21.6 Å². The molecule has 3 heterocycles. The molecule has 1 saturated carbocycles. The van der Waals surface area contributed by atoms with E-state index in [-0.39, 0.29) is 37.1 Å². The van der Waals surface area contributed by atoms with Gasteiger partial charge in [-0.1, -0.05) is 0 Å². The molecule has 1 N–H and O–H groups in total. The minimum atomic E-state index is -4.69. The second-order valence-corrected chi connectivity index (χ2v) is 12.0. The highest BCUT2D eigenvalue weighted by atomic mass is 32.2. The molecule has 14 heteroatoms. The SMILES string of the molecule is Cc1ccn2c(CC3CN(S(=O)(=O)C4CC4)CCO3)c(-c3c(F)cc(C(=O)NCC(F)(F)F)cc3F)nc2c1. The lowest BCUT2D eigenvalue weighted by atomic mass is 10.0. The first kappa shape index (κ1) is 27.5. The molecule has 39 heavy (non-hydrogen) atoms. The van der Waals surface area contributed by atoms with Crippen LogP contribution < -0.4 is 5.32 Å². The molecule has 1 unspecified atom stereocenters. The van der Waals surface area contributed by atoms with Crippen molar-refractivity contribution < 1.29 is 39.9 Å². The minimum Gasteiger partial charge on any atom is -0.375 e. The van der Waals surface area contributed by atoms with Crippen molar-refractivity contribution in [3.05, 3.63) is 58.9 Å². The normalized spacial score (nSPS) is 19.0. The van der Waals surface area contributed by atoms with Crippen LogP contribution in [-0.2, 0) is 21.2 Å². The third-order valence-electron chi connectivity index (χ3n) is 6.70. The number of benzene rings is 1. The summed E-state index contributed by atoms with van der Waals surface area (Å²) >= 11 is 0. The number of amides is 1. The van der Waals surface area contributed by atoms with Crippen molar-refractivity contribution in [3.8, 4) is 11.3 Å². The molecule has 8 nitrogen and oxygen atoms in total. The van der Waals surface area contributed by atoms with Crippen molar-refractivity contribution in [1.29, 1.82) is 0 Å². The molecule has 1 saturated heterocycles. The van der Waals surface area contributed by atoms with Crippen LogP contribution in [0.5, 0.6) is 0 Å². The van der Waals surface area contributed by atoms with Crippen molar-refractivity contribution in [2.75, 3.05) is 26.2 Å². The standard InChI is InChI=1S/C25H25F5N4O4S/c1-14-4-5-34-20(11-16-12-33(6-7-38-16)39(36,37)17-2-3-17)23(32-21(34)8-14)22-18(26)9-15(10-19(22)27)24(35)31-13-25(28,29)30/h4-5,8-10,16-17H,2-3,6-7,11-13H2,1H3,(H,31,35). The number of ether oxygens (including phenoxy) is 1. The van der Waals surface area contributed by atoms with Crippen LogP contribution in [0, 0.1) is 18.6 Å².